The first-order valence-corrected chi connectivity index (χ1v) is 11.5. The van der Waals surface area contributed by atoms with E-state index in [1.54, 1.807) is 23.6 Å². The number of para-hydroxylation sites is 1. The Bertz CT molecular complexity index is 1090. The van der Waals surface area contributed by atoms with E-state index in [-0.39, 0.29) is 18.6 Å². The Balaban J connectivity index is 1.37. The Labute approximate surface area is 191 Å². The van der Waals surface area contributed by atoms with Crippen LogP contribution in [-0.4, -0.2) is 40.1 Å². The summed E-state index contributed by atoms with van der Waals surface area (Å²) in [5.41, 5.74) is 0.652. The summed E-state index contributed by atoms with van der Waals surface area (Å²) in [5, 5.41) is 11.9. The quantitative estimate of drug-likeness (QED) is 0.552. The Morgan fingerprint density at radius 3 is 2.84 bits per heavy atom. The lowest BCUT2D eigenvalue weighted by molar-refractivity contribution is -0.122. The van der Waals surface area contributed by atoms with Gasteiger partial charge in [0.1, 0.15) is 12.4 Å². The second-order valence-corrected chi connectivity index (χ2v) is 8.67. The van der Waals surface area contributed by atoms with E-state index >= 15 is 0 Å². The minimum atomic E-state index is -0.182. The zero-order chi connectivity index (χ0) is 22.2. The van der Waals surface area contributed by atoms with Gasteiger partial charge in [0.15, 0.2) is 0 Å². The second kappa shape index (κ2) is 10.9. The monoisotopic (exact) mass is 447 g/mol. The van der Waals surface area contributed by atoms with E-state index in [4.69, 9.17) is 9.84 Å². The molecule has 164 valence electrons. The van der Waals surface area contributed by atoms with Crippen molar-refractivity contribution >= 4 is 22.9 Å². The average Bonchev–Trinajstić information content (AvgIpc) is 3.27. The van der Waals surface area contributed by atoms with Crippen molar-refractivity contribution in [1.29, 1.82) is 0 Å². The van der Waals surface area contributed by atoms with Gasteiger partial charge in [-0.1, -0.05) is 36.5 Å². The molecule has 1 amide bonds. The molecule has 1 aromatic carbocycles. The third kappa shape index (κ3) is 5.95. The molecule has 0 aliphatic carbocycles. The summed E-state index contributed by atoms with van der Waals surface area (Å²) in [4.78, 5) is 21.7. The topological polar surface area (TPSA) is 74.7 Å². The SMILES string of the molecule is O=C(Nc1ccc(Oc2ccccc2)nc1)C1CCCCN1Cc1ccc(C#CCO)s1. The van der Waals surface area contributed by atoms with E-state index in [1.165, 1.54) is 0 Å². The lowest BCUT2D eigenvalue weighted by Crippen LogP contribution is -2.46. The van der Waals surface area contributed by atoms with Crippen LogP contribution in [-0.2, 0) is 11.3 Å². The fraction of sp³-hybridized carbons (Fsp3) is 0.280. The summed E-state index contributed by atoms with van der Waals surface area (Å²) in [7, 11) is 0. The fourth-order valence-corrected chi connectivity index (χ4v) is 4.59. The smallest absolute Gasteiger partial charge is 0.241 e. The van der Waals surface area contributed by atoms with Crippen molar-refractivity contribution in [3.63, 3.8) is 0 Å². The van der Waals surface area contributed by atoms with Crippen molar-refractivity contribution in [2.24, 2.45) is 0 Å². The molecule has 0 saturated carbocycles. The molecular weight excluding hydrogens is 422 g/mol. The van der Waals surface area contributed by atoms with E-state index in [0.29, 0.717) is 23.9 Å². The molecule has 0 bridgehead atoms. The van der Waals surface area contributed by atoms with E-state index in [9.17, 15) is 4.79 Å². The Morgan fingerprint density at radius 2 is 2.06 bits per heavy atom. The van der Waals surface area contributed by atoms with E-state index < -0.39 is 0 Å². The molecule has 1 unspecified atom stereocenters. The second-order valence-electron chi connectivity index (χ2n) is 7.50. The highest BCUT2D eigenvalue weighted by molar-refractivity contribution is 7.12. The maximum atomic E-state index is 13.0. The zero-order valence-corrected chi connectivity index (χ0v) is 18.5. The number of ether oxygens (including phenoxy) is 1. The maximum absolute atomic E-state index is 13.0. The molecule has 3 aromatic rings. The van der Waals surface area contributed by atoms with Crippen molar-refractivity contribution in [2.45, 2.75) is 31.8 Å². The van der Waals surface area contributed by atoms with Crippen molar-refractivity contribution in [3.05, 3.63) is 70.5 Å². The molecule has 0 spiro atoms. The molecule has 1 aliphatic rings. The van der Waals surface area contributed by atoms with Crippen LogP contribution in [0.1, 0.15) is 29.0 Å². The van der Waals surface area contributed by atoms with E-state index in [0.717, 1.165) is 35.6 Å². The third-order valence-corrected chi connectivity index (χ3v) is 6.18. The van der Waals surface area contributed by atoms with Gasteiger partial charge >= 0.3 is 0 Å². The molecule has 2 N–H and O–H groups in total. The van der Waals surface area contributed by atoms with Crippen molar-refractivity contribution in [1.82, 2.24) is 9.88 Å². The number of aliphatic hydroxyl groups is 1. The van der Waals surface area contributed by atoms with Gasteiger partial charge in [-0.2, -0.15) is 0 Å². The first-order valence-electron chi connectivity index (χ1n) is 10.6. The van der Waals surface area contributed by atoms with Crippen LogP contribution in [0.3, 0.4) is 0 Å². The largest absolute Gasteiger partial charge is 0.439 e. The number of aliphatic hydroxyl groups excluding tert-OH is 1. The van der Waals surface area contributed by atoms with Crippen LogP contribution in [0.15, 0.2) is 60.8 Å². The average molecular weight is 448 g/mol. The number of carbonyl (C=O) groups excluding carboxylic acids is 1. The molecule has 7 heteroatoms. The summed E-state index contributed by atoms with van der Waals surface area (Å²) in [6.07, 6.45) is 4.57. The van der Waals surface area contributed by atoms with E-state index in [1.807, 2.05) is 48.5 Å². The standard InChI is InChI=1S/C25H25N3O3S/c29-16-6-9-21-12-13-22(32-21)18-28-15-5-4-10-23(28)25(30)27-19-11-14-24(26-17-19)31-20-7-2-1-3-8-20/h1-3,7-8,11-14,17,23,29H,4-5,10,15-16,18H2,(H,27,30). The lowest BCUT2D eigenvalue weighted by Gasteiger charge is -2.34. The summed E-state index contributed by atoms with van der Waals surface area (Å²) in [6, 6.07) is 16.9. The number of piperidine rings is 1. The van der Waals surface area contributed by atoms with Gasteiger partial charge in [0, 0.05) is 17.5 Å². The van der Waals surface area contributed by atoms with Crippen LogP contribution in [0.5, 0.6) is 11.6 Å². The van der Waals surface area contributed by atoms with Gasteiger partial charge in [-0.3, -0.25) is 9.69 Å². The van der Waals surface area contributed by atoms with Crippen LogP contribution in [0, 0.1) is 11.8 Å². The van der Waals surface area contributed by atoms with Gasteiger partial charge in [0.05, 0.1) is 22.8 Å². The molecule has 2 aromatic heterocycles. The Kier molecular flexibility index (Phi) is 7.51. The number of pyridine rings is 1. The van der Waals surface area contributed by atoms with Gasteiger partial charge in [0.2, 0.25) is 11.8 Å². The number of nitrogens with one attached hydrogen (secondary N) is 1. The number of thiophene rings is 1. The molecule has 32 heavy (non-hydrogen) atoms. The van der Waals surface area contributed by atoms with Gasteiger partial charge in [-0.25, -0.2) is 4.98 Å². The van der Waals surface area contributed by atoms with Crippen molar-refractivity contribution < 1.29 is 14.6 Å². The number of rotatable bonds is 6. The van der Waals surface area contributed by atoms with E-state index in [2.05, 4.69) is 27.0 Å². The highest BCUT2D eigenvalue weighted by atomic mass is 32.1. The predicted octanol–water partition coefficient (Wildman–Crippen LogP) is 4.27. The molecule has 0 radical (unpaired) electrons. The van der Waals surface area contributed by atoms with Crippen LogP contribution < -0.4 is 10.1 Å². The summed E-state index contributed by atoms with van der Waals surface area (Å²) in [6.45, 7) is 1.46. The number of likely N-dealkylation sites (tertiary alicyclic amines) is 1. The van der Waals surface area contributed by atoms with Crippen LogP contribution in [0.4, 0.5) is 5.69 Å². The number of hydrogen-bond donors (Lipinski definition) is 2. The molecule has 4 rings (SSSR count). The molecule has 1 saturated heterocycles. The van der Waals surface area contributed by atoms with Gasteiger partial charge in [0.25, 0.3) is 0 Å². The van der Waals surface area contributed by atoms with Gasteiger partial charge < -0.3 is 15.2 Å². The van der Waals surface area contributed by atoms with Crippen molar-refractivity contribution in [3.8, 4) is 23.5 Å². The van der Waals surface area contributed by atoms with Crippen molar-refractivity contribution in [2.75, 3.05) is 18.5 Å². The molecule has 1 aliphatic heterocycles. The third-order valence-electron chi connectivity index (χ3n) is 5.20. The number of aromatic nitrogens is 1. The zero-order valence-electron chi connectivity index (χ0n) is 17.7. The molecule has 3 heterocycles. The summed E-state index contributed by atoms with van der Waals surface area (Å²) in [5.74, 6) is 6.80. The predicted molar refractivity (Wildman–Crippen MR) is 126 cm³/mol. The normalized spacial score (nSPS) is 16.1. The first kappa shape index (κ1) is 22.0. The highest BCUT2D eigenvalue weighted by Gasteiger charge is 2.29. The Hall–Kier alpha value is -3.18. The van der Waals surface area contributed by atoms with Crippen LogP contribution in [0.25, 0.3) is 0 Å². The fourth-order valence-electron chi connectivity index (χ4n) is 3.68. The minimum absolute atomic E-state index is 0.0138. The number of carbonyl (C=O) groups is 1. The summed E-state index contributed by atoms with van der Waals surface area (Å²) >= 11 is 1.60. The molecule has 6 nitrogen and oxygen atoms in total. The van der Waals surface area contributed by atoms with Crippen LogP contribution >= 0.6 is 11.3 Å². The molecule has 1 fully saturated rings. The van der Waals surface area contributed by atoms with Gasteiger partial charge in [-0.15, -0.1) is 11.3 Å². The van der Waals surface area contributed by atoms with Gasteiger partial charge in [-0.05, 0) is 49.7 Å². The number of hydrogen-bond acceptors (Lipinski definition) is 6. The summed E-state index contributed by atoms with van der Waals surface area (Å²) < 4.78 is 5.71. The lowest BCUT2D eigenvalue weighted by atomic mass is 10.0. The minimum Gasteiger partial charge on any atom is -0.439 e. The highest BCUT2D eigenvalue weighted by Crippen LogP contribution is 2.25. The maximum Gasteiger partial charge on any atom is 0.241 e. The number of anilines is 1. The molecule has 1 atom stereocenters. The number of benzene rings is 1. The number of amides is 1. The number of nitrogens with zero attached hydrogens (tertiary/aromatic N) is 2. The van der Waals surface area contributed by atoms with Crippen LogP contribution in [0.2, 0.25) is 0 Å². The molecular formula is C25H25N3O3S. The first-order chi connectivity index (χ1) is 15.7. The Morgan fingerprint density at radius 1 is 1.19 bits per heavy atom.